The Morgan fingerprint density at radius 2 is 1.86 bits per heavy atom. The molecule has 3 rings (SSSR count). The average Bonchev–Trinajstić information content (AvgIpc) is 3.18. The van der Waals surface area contributed by atoms with Gasteiger partial charge >= 0.3 is 6.09 Å². The molecule has 13 heteroatoms. The van der Waals surface area contributed by atoms with E-state index in [9.17, 15) is 23.4 Å². The number of aliphatic hydroxyl groups is 1. The number of fused-ring (bicyclic) bond motifs is 1. The number of aromatic nitrogens is 3. The molecule has 0 saturated heterocycles. The molecule has 196 valence electrons. The third-order valence-electron chi connectivity index (χ3n) is 5.98. The zero-order chi connectivity index (χ0) is 26.8. The second kappa shape index (κ2) is 10.9. The number of hydrogen-bond acceptors (Lipinski definition) is 6. The Hall–Kier alpha value is -2.44. The van der Waals surface area contributed by atoms with Crippen molar-refractivity contribution in [3.8, 4) is 0 Å². The number of benzene rings is 1. The van der Waals surface area contributed by atoms with Crippen LogP contribution in [0.4, 0.5) is 4.79 Å². The molecule has 3 atom stereocenters. The van der Waals surface area contributed by atoms with Gasteiger partial charge in [0.1, 0.15) is 0 Å². The van der Waals surface area contributed by atoms with Gasteiger partial charge in [0.15, 0.2) is 5.03 Å². The largest absolute Gasteiger partial charge is 0.465 e. The first-order chi connectivity index (χ1) is 16.7. The van der Waals surface area contributed by atoms with Crippen molar-refractivity contribution in [1.29, 1.82) is 0 Å². The molecule has 1 unspecified atom stereocenters. The molecule has 36 heavy (non-hydrogen) atoms. The van der Waals surface area contributed by atoms with Crippen molar-refractivity contribution in [2.24, 2.45) is 5.41 Å². The van der Waals surface area contributed by atoms with E-state index in [-0.39, 0.29) is 11.6 Å². The van der Waals surface area contributed by atoms with Gasteiger partial charge in [-0.15, -0.1) is 0 Å². The number of halogens is 2. The highest BCUT2D eigenvalue weighted by atomic mass is 35.5. The normalized spacial score (nSPS) is 15.0. The summed E-state index contributed by atoms with van der Waals surface area (Å²) in [4.78, 5) is 21.8. The Labute approximate surface area is 219 Å². The first-order valence-electron chi connectivity index (χ1n) is 11.1. The number of amides is 1. The van der Waals surface area contributed by atoms with Crippen LogP contribution in [0.2, 0.25) is 10.0 Å². The predicted molar refractivity (Wildman–Crippen MR) is 138 cm³/mol. The van der Waals surface area contributed by atoms with E-state index in [1.54, 1.807) is 29.1 Å². The number of carboxylic acid groups (broad SMARTS) is 1. The Morgan fingerprint density at radius 3 is 2.44 bits per heavy atom. The van der Waals surface area contributed by atoms with E-state index in [2.05, 4.69) is 14.7 Å². The van der Waals surface area contributed by atoms with E-state index >= 15 is 0 Å². The first-order valence-corrected chi connectivity index (χ1v) is 13.4. The summed E-state index contributed by atoms with van der Waals surface area (Å²) in [5.41, 5.74) is 0.725. The second-order valence-electron chi connectivity index (χ2n) is 9.55. The van der Waals surface area contributed by atoms with Crippen molar-refractivity contribution in [1.82, 2.24) is 24.2 Å². The predicted octanol–water partition coefficient (Wildman–Crippen LogP) is 3.86. The van der Waals surface area contributed by atoms with Gasteiger partial charge in [0.2, 0.25) is 0 Å². The number of sulfonamides is 1. The number of carbonyl (C=O) groups is 1. The highest BCUT2D eigenvalue weighted by Gasteiger charge is 2.39. The molecule has 0 bridgehead atoms. The first kappa shape index (κ1) is 28.1. The van der Waals surface area contributed by atoms with Gasteiger partial charge in [0.25, 0.3) is 10.0 Å². The van der Waals surface area contributed by atoms with E-state index in [0.717, 1.165) is 4.90 Å². The van der Waals surface area contributed by atoms with Crippen LogP contribution in [-0.4, -0.2) is 68.9 Å². The number of hydrogen-bond donors (Lipinski definition) is 3. The summed E-state index contributed by atoms with van der Waals surface area (Å²) in [5, 5.41) is 21.5. The third-order valence-corrected chi connectivity index (χ3v) is 8.04. The molecular weight excluding hydrogens is 529 g/mol. The lowest BCUT2D eigenvalue weighted by Gasteiger charge is -2.43. The molecule has 3 aromatic rings. The van der Waals surface area contributed by atoms with E-state index in [1.807, 2.05) is 20.8 Å². The minimum absolute atomic E-state index is 0.196. The molecule has 10 nitrogen and oxygen atoms in total. The zero-order valence-corrected chi connectivity index (χ0v) is 22.6. The molecule has 2 aromatic heterocycles. The van der Waals surface area contributed by atoms with Crippen molar-refractivity contribution in [3.63, 3.8) is 0 Å². The third kappa shape index (κ3) is 6.27. The summed E-state index contributed by atoms with van der Waals surface area (Å²) < 4.78 is 29.1. The minimum atomic E-state index is -3.98. The van der Waals surface area contributed by atoms with E-state index < -0.39 is 46.3 Å². The number of pyridine rings is 1. The molecule has 0 spiro atoms. The van der Waals surface area contributed by atoms with Crippen LogP contribution in [-0.2, 0) is 16.6 Å². The SMILES string of the molecule is C[C@@H]([C@@H](O)CNS(=O)(=O)c1ccccn1)N(C(=O)O)C(Cn1cnc2cc(Cl)c(Cl)cc21)C(C)(C)C. The number of imidazole rings is 1. The van der Waals surface area contributed by atoms with Crippen LogP contribution in [0.25, 0.3) is 11.0 Å². The van der Waals surface area contributed by atoms with Gasteiger partial charge in [-0.25, -0.2) is 27.9 Å². The number of nitrogens with zero attached hydrogens (tertiary/aromatic N) is 4. The van der Waals surface area contributed by atoms with Gasteiger partial charge in [0, 0.05) is 19.3 Å². The Bertz CT molecular complexity index is 1330. The Kier molecular flexibility index (Phi) is 8.51. The second-order valence-corrected chi connectivity index (χ2v) is 12.1. The van der Waals surface area contributed by atoms with Crippen LogP contribution < -0.4 is 4.72 Å². The summed E-state index contributed by atoms with van der Waals surface area (Å²) in [6.45, 7) is 7.01. The highest BCUT2D eigenvalue weighted by Crippen LogP contribution is 2.31. The van der Waals surface area contributed by atoms with Crippen LogP contribution in [0.3, 0.4) is 0 Å². The van der Waals surface area contributed by atoms with Crippen molar-refractivity contribution < 1.29 is 23.4 Å². The van der Waals surface area contributed by atoms with Gasteiger partial charge in [-0.2, -0.15) is 0 Å². The minimum Gasteiger partial charge on any atom is -0.465 e. The van der Waals surface area contributed by atoms with Crippen LogP contribution in [0.15, 0.2) is 47.9 Å². The summed E-state index contributed by atoms with van der Waals surface area (Å²) in [5.74, 6) is 0. The van der Waals surface area contributed by atoms with Gasteiger partial charge < -0.3 is 14.8 Å². The van der Waals surface area contributed by atoms with Crippen LogP contribution in [0, 0.1) is 5.41 Å². The molecule has 0 saturated carbocycles. The lowest BCUT2D eigenvalue weighted by atomic mass is 9.84. The van der Waals surface area contributed by atoms with Crippen molar-refractivity contribution >= 4 is 50.4 Å². The molecule has 0 fully saturated rings. The van der Waals surface area contributed by atoms with Crippen LogP contribution in [0.1, 0.15) is 27.7 Å². The van der Waals surface area contributed by atoms with Crippen molar-refractivity contribution in [2.45, 2.75) is 57.5 Å². The van der Waals surface area contributed by atoms with Gasteiger partial charge in [-0.3, -0.25) is 4.90 Å². The lowest BCUT2D eigenvalue weighted by Crippen LogP contribution is -2.57. The maximum Gasteiger partial charge on any atom is 0.407 e. The molecule has 1 amide bonds. The lowest BCUT2D eigenvalue weighted by molar-refractivity contribution is 0.00390. The van der Waals surface area contributed by atoms with Gasteiger partial charge in [0.05, 0.1) is 45.6 Å². The number of rotatable bonds is 9. The van der Waals surface area contributed by atoms with E-state index in [4.69, 9.17) is 23.2 Å². The number of nitrogens with one attached hydrogen (secondary N) is 1. The van der Waals surface area contributed by atoms with Gasteiger partial charge in [-0.05, 0) is 36.6 Å². The Morgan fingerprint density at radius 1 is 1.19 bits per heavy atom. The molecule has 0 aliphatic heterocycles. The summed E-state index contributed by atoms with van der Waals surface area (Å²) in [6, 6.07) is 6.16. The average molecular weight is 558 g/mol. The van der Waals surface area contributed by atoms with Crippen LogP contribution >= 0.6 is 23.2 Å². The zero-order valence-electron chi connectivity index (χ0n) is 20.3. The van der Waals surface area contributed by atoms with E-state index in [0.29, 0.717) is 21.1 Å². The van der Waals surface area contributed by atoms with E-state index in [1.165, 1.54) is 25.3 Å². The molecule has 0 radical (unpaired) electrons. The maximum atomic E-state index is 12.5. The number of aliphatic hydroxyl groups excluding tert-OH is 1. The molecule has 3 N–H and O–H groups in total. The summed E-state index contributed by atoms with van der Waals surface area (Å²) >= 11 is 12.3. The highest BCUT2D eigenvalue weighted by molar-refractivity contribution is 7.89. The molecule has 1 aromatic carbocycles. The fourth-order valence-electron chi connectivity index (χ4n) is 3.89. The monoisotopic (exact) mass is 557 g/mol. The fourth-order valence-corrected chi connectivity index (χ4v) is 5.20. The summed E-state index contributed by atoms with van der Waals surface area (Å²) in [7, 11) is -3.98. The quantitative estimate of drug-likeness (QED) is 0.363. The van der Waals surface area contributed by atoms with Crippen LogP contribution in [0.5, 0.6) is 0 Å². The molecule has 0 aliphatic rings. The van der Waals surface area contributed by atoms with Crippen molar-refractivity contribution in [3.05, 3.63) is 52.9 Å². The smallest absolute Gasteiger partial charge is 0.407 e. The topological polar surface area (TPSA) is 138 Å². The van der Waals surface area contributed by atoms with Crippen molar-refractivity contribution in [2.75, 3.05) is 6.54 Å². The standard InChI is InChI=1S/C23H29Cl2N5O5S/c1-14(19(31)11-28-36(34,35)21-7-5-6-8-26-21)30(22(32)33)20(23(2,3)4)12-29-13-27-17-9-15(24)16(25)10-18(17)29/h5-10,13-14,19-20,28,31H,11-12H2,1-4H3,(H,32,33)/t14-,19-,20?/m0/s1. The van der Waals surface area contributed by atoms with Gasteiger partial charge in [-0.1, -0.05) is 50.0 Å². The fraction of sp³-hybridized carbons (Fsp3) is 0.435. The molecule has 0 aliphatic carbocycles. The summed E-state index contributed by atoms with van der Waals surface area (Å²) in [6.07, 6.45) is 0.337. The maximum absolute atomic E-state index is 12.5. The molecule has 2 heterocycles. The molecular formula is C23H29Cl2N5O5S. The Balaban J connectivity index is 1.86.